The summed E-state index contributed by atoms with van der Waals surface area (Å²) in [5.41, 5.74) is 3.11. The quantitative estimate of drug-likeness (QED) is 0.877. The Morgan fingerprint density at radius 2 is 2.20 bits per heavy atom. The van der Waals surface area contributed by atoms with E-state index in [1.807, 2.05) is 24.4 Å². The Morgan fingerprint density at radius 3 is 2.95 bits per heavy atom. The van der Waals surface area contributed by atoms with Gasteiger partial charge in [0.1, 0.15) is 6.61 Å². The van der Waals surface area contributed by atoms with Crippen molar-refractivity contribution in [1.29, 1.82) is 0 Å². The van der Waals surface area contributed by atoms with Gasteiger partial charge in [0, 0.05) is 34.6 Å². The van der Waals surface area contributed by atoms with Crippen LogP contribution in [0.5, 0.6) is 0 Å². The maximum absolute atomic E-state index is 8.68. The maximum atomic E-state index is 8.68. The summed E-state index contributed by atoms with van der Waals surface area (Å²) in [6.45, 7) is 3.62. The minimum Gasteiger partial charge on any atom is -0.384 e. The molecule has 3 nitrogen and oxygen atoms in total. The number of hydrogen-bond acceptors (Lipinski definition) is 4. The molecule has 0 aliphatic carbocycles. The van der Waals surface area contributed by atoms with Gasteiger partial charge in [0.2, 0.25) is 0 Å². The SMILES string of the molecule is Cc1cccc(CN(C)Cc2cc(C#CCO)cs2)n1. The highest BCUT2D eigenvalue weighted by Gasteiger charge is 2.05. The Balaban J connectivity index is 1.94. The van der Waals surface area contributed by atoms with E-state index in [9.17, 15) is 0 Å². The van der Waals surface area contributed by atoms with Gasteiger partial charge in [-0.25, -0.2) is 0 Å². The first-order valence-electron chi connectivity index (χ1n) is 6.45. The second kappa shape index (κ2) is 7.20. The maximum Gasteiger partial charge on any atom is 0.104 e. The van der Waals surface area contributed by atoms with Crippen molar-refractivity contribution >= 4 is 11.3 Å². The van der Waals surface area contributed by atoms with Gasteiger partial charge in [-0.2, -0.15) is 0 Å². The molecule has 2 aromatic heterocycles. The molecule has 104 valence electrons. The normalized spacial score (nSPS) is 10.4. The van der Waals surface area contributed by atoms with Gasteiger partial charge < -0.3 is 5.11 Å². The highest BCUT2D eigenvalue weighted by Crippen LogP contribution is 2.16. The van der Waals surface area contributed by atoms with E-state index in [1.165, 1.54) is 4.88 Å². The molecular formula is C16H18N2OS. The lowest BCUT2D eigenvalue weighted by atomic mass is 10.3. The number of rotatable bonds is 4. The van der Waals surface area contributed by atoms with E-state index in [0.29, 0.717) is 0 Å². The molecule has 1 N–H and O–H groups in total. The van der Waals surface area contributed by atoms with Crippen LogP contribution in [0.2, 0.25) is 0 Å². The lowest BCUT2D eigenvalue weighted by Crippen LogP contribution is -2.17. The number of hydrogen-bond donors (Lipinski definition) is 1. The molecule has 0 spiro atoms. The topological polar surface area (TPSA) is 36.4 Å². The van der Waals surface area contributed by atoms with Crippen LogP contribution in [0.4, 0.5) is 0 Å². The average molecular weight is 286 g/mol. The molecular weight excluding hydrogens is 268 g/mol. The van der Waals surface area contributed by atoms with Crippen molar-refractivity contribution in [2.45, 2.75) is 20.0 Å². The van der Waals surface area contributed by atoms with Crippen molar-refractivity contribution in [2.24, 2.45) is 0 Å². The van der Waals surface area contributed by atoms with Crippen molar-refractivity contribution in [2.75, 3.05) is 13.7 Å². The van der Waals surface area contributed by atoms with Gasteiger partial charge in [0.15, 0.2) is 0 Å². The molecule has 4 heteroatoms. The van der Waals surface area contributed by atoms with Gasteiger partial charge in [0.25, 0.3) is 0 Å². The molecule has 2 rings (SSSR count). The minimum atomic E-state index is -0.0931. The third kappa shape index (κ3) is 4.46. The summed E-state index contributed by atoms with van der Waals surface area (Å²) in [7, 11) is 2.09. The Bertz CT molecular complexity index is 625. The lowest BCUT2D eigenvalue weighted by Gasteiger charge is -2.15. The summed E-state index contributed by atoms with van der Waals surface area (Å²) >= 11 is 1.70. The first kappa shape index (κ1) is 14.7. The third-order valence-electron chi connectivity index (χ3n) is 2.77. The molecule has 0 saturated carbocycles. The summed E-state index contributed by atoms with van der Waals surface area (Å²) in [4.78, 5) is 8.01. The van der Waals surface area contributed by atoms with Crippen LogP contribution in [0.1, 0.15) is 21.8 Å². The fourth-order valence-electron chi connectivity index (χ4n) is 1.96. The van der Waals surface area contributed by atoms with Crippen molar-refractivity contribution in [3.63, 3.8) is 0 Å². The molecule has 0 saturated heterocycles. The van der Waals surface area contributed by atoms with Gasteiger partial charge in [0.05, 0.1) is 5.69 Å². The van der Waals surface area contributed by atoms with Crippen LogP contribution in [0.25, 0.3) is 0 Å². The summed E-state index contributed by atoms with van der Waals surface area (Å²) in [5, 5.41) is 10.7. The van der Waals surface area contributed by atoms with Crippen LogP contribution in [-0.2, 0) is 13.1 Å². The smallest absolute Gasteiger partial charge is 0.104 e. The van der Waals surface area contributed by atoms with Crippen LogP contribution in [-0.4, -0.2) is 28.6 Å². The summed E-state index contributed by atoms with van der Waals surface area (Å²) in [6.07, 6.45) is 0. The first-order chi connectivity index (χ1) is 9.67. The van der Waals surface area contributed by atoms with Crippen LogP contribution in [0, 0.1) is 18.8 Å². The monoisotopic (exact) mass is 286 g/mol. The fourth-order valence-corrected chi connectivity index (χ4v) is 2.85. The summed E-state index contributed by atoms with van der Waals surface area (Å²) in [5.74, 6) is 5.59. The molecule has 0 bridgehead atoms. The van der Waals surface area contributed by atoms with Gasteiger partial charge in [-0.1, -0.05) is 17.9 Å². The number of nitrogens with zero attached hydrogens (tertiary/aromatic N) is 2. The van der Waals surface area contributed by atoms with E-state index in [0.717, 1.165) is 30.0 Å². The molecule has 0 aliphatic heterocycles. The number of thiophene rings is 1. The van der Waals surface area contributed by atoms with Crippen LogP contribution < -0.4 is 0 Å². The van der Waals surface area contributed by atoms with Crippen molar-refractivity contribution < 1.29 is 5.11 Å². The van der Waals surface area contributed by atoms with Gasteiger partial charge >= 0.3 is 0 Å². The number of aliphatic hydroxyl groups excluding tert-OH is 1. The van der Waals surface area contributed by atoms with E-state index in [1.54, 1.807) is 11.3 Å². The number of aromatic nitrogens is 1. The lowest BCUT2D eigenvalue weighted by molar-refractivity contribution is 0.318. The zero-order valence-electron chi connectivity index (χ0n) is 11.8. The second-order valence-corrected chi connectivity index (χ2v) is 5.70. The van der Waals surface area contributed by atoms with Crippen LogP contribution >= 0.6 is 11.3 Å². The first-order valence-corrected chi connectivity index (χ1v) is 7.33. The van der Waals surface area contributed by atoms with E-state index < -0.39 is 0 Å². The number of pyridine rings is 1. The second-order valence-electron chi connectivity index (χ2n) is 4.70. The molecule has 0 atom stereocenters. The number of aliphatic hydroxyl groups is 1. The zero-order valence-corrected chi connectivity index (χ0v) is 12.6. The number of aryl methyl sites for hydroxylation is 1. The van der Waals surface area contributed by atoms with Crippen molar-refractivity contribution in [3.8, 4) is 11.8 Å². The van der Waals surface area contributed by atoms with Crippen LogP contribution in [0.15, 0.2) is 29.6 Å². The zero-order chi connectivity index (χ0) is 14.4. The van der Waals surface area contributed by atoms with E-state index in [4.69, 9.17) is 5.11 Å². The molecule has 0 amide bonds. The summed E-state index contributed by atoms with van der Waals surface area (Å²) in [6, 6.07) is 8.18. The van der Waals surface area contributed by atoms with Crippen LogP contribution in [0.3, 0.4) is 0 Å². The highest BCUT2D eigenvalue weighted by atomic mass is 32.1. The van der Waals surface area contributed by atoms with Gasteiger partial charge in [-0.15, -0.1) is 11.3 Å². The van der Waals surface area contributed by atoms with E-state index in [-0.39, 0.29) is 6.61 Å². The predicted octanol–water partition coefficient (Wildman–Crippen LogP) is 2.43. The highest BCUT2D eigenvalue weighted by molar-refractivity contribution is 7.10. The van der Waals surface area contributed by atoms with Crippen molar-refractivity contribution in [3.05, 3.63) is 51.5 Å². The molecule has 0 unspecified atom stereocenters. The Hall–Kier alpha value is -1.67. The molecule has 20 heavy (non-hydrogen) atoms. The van der Waals surface area contributed by atoms with Crippen molar-refractivity contribution in [1.82, 2.24) is 9.88 Å². The Labute approximate surface area is 123 Å². The molecule has 0 fully saturated rings. The molecule has 2 heterocycles. The Morgan fingerprint density at radius 1 is 1.35 bits per heavy atom. The van der Waals surface area contributed by atoms with Gasteiger partial charge in [-0.3, -0.25) is 9.88 Å². The fraction of sp³-hybridized carbons (Fsp3) is 0.312. The van der Waals surface area contributed by atoms with E-state index >= 15 is 0 Å². The standard InChI is InChI=1S/C16H18N2OS/c1-13-5-3-7-15(17-13)10-18(2)11-16-9-14(12-20-16)6-4-8-19/h3,5,7,9,12,19H,8,10-11H2,1-2H3. The predicted molar refractivity (Wildman–Crippen MR) is 82.4 cm³/mol. The largest absolute Gasteiger partial charge is 0.384 e. The minimum absolute atomic E-state index is 0.0931. The molecule has 0 aromatic carbocycles. The molecule has 0 radical (unpaired) electrons. The van der Waals surface area contributed by atoms with E-state index in [2.05, 4.69) is 40.9 Å². The third-order valence-corrected chi connectivity index (χ3v) is 3.69. The van der Waals surface area contributed by atoms with Gasteiger partial charge in [-0.05, 0) is 32.2 Å². The summed E-state index contributed by atoms with van der Waals surface area (Å²) < 4.78 is 0. The molecule has 2 aromatic rings. The average Bonchev–Trinajstić information content (AvgIpc) is 2.83. The Kier molecular flexibility index (Phi) is 5.31. The molecule has 0 aliphatic rings.